The molecule has 0 amide bonds. The lowest BCUT2D eigenvalue weighted by Gasteiger charge is -2.07. The van der Waals surface area contributed by atoms with Crippen LogP contribution in [0.25, 0.3) is 21.6 Å². The van der Waals surface area contributed by atoms with Gasteiger partial charge in [0.25, 0.3) is 0 Å². The number of nitrogens with zero attached hydrogens (tertiary/aromatic N) is 2. The molecule has 3 aromatic rings. The topological polar surface area (TPSA) is 51.8 Å². The molecule has 0 radical (unpaired) electrons. The third kappa shape index (κ3) is 2.27. The first-order valence-electron chi connectivity index (χ1n) is 6.68. The molecule has 0 aliphatic carbocycles. The molecule has 3 rings (SSSR count). The minimum atomic E-state index is 0.525. The van der Waals surface area contributed by atoms with Crippen LogP contribution in [-0.2, 0) is 0 Å². The van der Waals surface area contributed by atoms with E-state index in [1.807, 2.05) is 6.07 Å². The van der Waals surface area contributed by atoms with Crippen molar-refractivity contribution in [3.63, 3.8) is 0 Å². The van der Waals surface area contributed by atoms with Gasteiger partial charge in [-0.05, 0) is 24.5 Å². The minimum absolute atomic E-state index is 0.525. The highest BCUT2D eigenvalue weighted by molar-refractivity contribution is 7.18. The van der Waals surface area contributed by atoms with Crippen LogP contribution >= 0.6 is 11.3 Å². The maximum absolute atomic E-state index is 6.04. The standard InChI is InChI=1S/C16H17N3S/c1-9(2)11-4-6-12(7-5-11)15-18-14(17)13-8-10(3)20-16(13)19-15/h4-9H,1-3H3,(H2,17,18,19). The second-order valence-electron chi connectivity index (χ2n) is 5.29. The number of benzene rings is 1. The van der Waals surface area contributed by atoms with Crippen molar-refractivity contribution < 1.29 is 0 Å². The van der Waals surface area contributed by atoms with Crippen molar-refractivity contribution in [3.8, 4) is 11.4 Å². The predicted octanol–water partition coefficient (Wildman–Crippen LogP) is 4.37. The van der Waals surface area contributed by atoms with Crippen molar-refractivity contribution in [1.29, 1.82) is 0 Å². The van der Waals surface area contributed by atoms with Gasteiger partial charge < -0.3 is 5.73 Å². The molecule has 4 heteroatoms. The molecule has 0 atom stereocenters. The van der Waals surface area contributed by atoms with Crippen LogP contribution in [-0.4, -0.2) is 9.97 Å². The second-order valence-corrected chi connectivity index (χ2v) is 6.52. The van der Waals surface area contributed by atoms with Crippen LogP contribution in [0.5, 0.6) is 0 Å². The van der Waals surface area contributed by atoms with E-state index in [0.29, 0.717) is 17.6 Å². The molecule has 2 aromatic heterocycles. The lowest BCUT2D eigenvalue weighted by atomic mass is 10.0. The lowest BCUT2D eigenvalue weighted by Crippen LogP contribution is -1.96. The molecule has 0 aliphatic rings. The molecule has 1 aromatic carbocycles. The zero-order valence-corrected chi connectivity index (χ0v) is 12.7. The number of aryl methyl sites for hydroxylation is 1. The molecular weight excluding hydrogens is 266 g/mol. The van der Waals surface area contributed by atoms with Crippen LogP contribution in [0.3, 0.4) is 0 Å². The predicted molar refractivity (Wildman–Crippen MR) is 86.1 cm³/mol. The van der Waals surface area contributed by atoms with Gasteiger partial charge in [-0.1, -0.05) is 38.1 Å². The third-order valence-corrected chi connectivity index (χ3v) is 4.33. The number of rotatable bonds is 2. The number of anilines is 1. The monoisotopic (exact) mass is 283 g/mol. The Hall–Kier alpha value is -1.94. The van der Waals surface area contributed by atoms with Crippen LogP contribution in [0.2, 0.25) is 0 Å². The molecule has 20 heavy (non-hydrogen) atoms. The summed E-state index contributed by atoms with van der Waals surface area (Å²) in [7, 11) is 0. The smallest absolute Gasteiger partial charge is 0.163 e. The van der Waals surface area contributed by atoms with E-state index in [-0.39, 0.29) is 0 Å². The van der Waals surface area contributed by atoms with E-state index in [2.05, 4.69) is 55.0 Å². The summed E-state index contributed by atoms with van der Waals surface area (Å²) in [5.41, 5.74) is 8.36. The van der Waals surface area contributed by atoms with Crippen molar-refractivity contribution in [3.05, 3.63) is 40.8 Å². The highest BCUT2D eigenvalue weighted by Gasteiger charge is 2.10. The highest BCUT2D eigenvalue weighted by atomic mass is 32.1. The fraction of sp³-hybridized carbons (Fsp3) is 0.250. The van der Waals surface area contributed by atoms with Crippen molar-refractivity contribution in [1.82, 2.24) is 9.97 Å². The van der Waals surface area contributed by atoms with Gasteiger partial charge in [0, 0.05) is 10.4 Å². The number of nitrogens with two attached hydrogens (primary N) is 1. The number of fused-ring (bicyclic) bond motifs is 1. The molecule has 0 fully saturated rings. The molecular formula is C16H17N3S. The SMILES string of the molecule is Cc1cc2c(N)nc(-c3ccc(C(C)C)cc3)nc2s1. The summed E-state index contributed by atoms with van der Waals surface area (Å²) in [6, 6.07) is 10.4. The summed E-state index contributed by atoms with van der Waals surface area (Å²) in [5.74, 6) is 1.78. The van der Waals surface area contributed by atoms with Crippen LogP contribution in [0.1, 0.15) is 30.2 Å². The minimum Gasteiger partial charge on any atom is -0.383 e. The van der Waals surface area contributed by atoms with Gasteiger partial charge >= 0.3 is 0 Å². The van der Waals surface area contributed by atoms with Gasteiger partial charge in [0.2, 0.25) is 0 Å². The van der Waals surface area contributed by atoms with Crippen LogP contribution in [0, 0.1) is 6.92 Å². The highest BCUT2D eigenvalue weighted by Crippen LogP contribution is 2.29. The summed E-state index contributed by atoms with van der Waals surface area (Å²) in [6.45, 7) is 6.43. The molecule has 102 valence electrons. The van der Waals surface area contributed by atoms with E-state index in [9.17, 15) is 0 Å². The largest absolute Gasteiger partial charge is 0.383 e. The van der Waals surface area contributed by atoms with E-state index in [1.165, 1.54) is 10.4 Å². The maximum atomic E-state index is 6.04. The Morgan fingerprint density at radius 2 is 1.80 bits per heavy atom. The van der Waals surface area contributed by atoms with E-state index >= 15 is 0 Å². The van der Waals surface area contributed by atoms with Gasteiger partial charge in [-0.25, -0.2) is 9.97 Å². The van der Waals surface area contributed by atoms with Crippen molar-refractivity contribution in [2.45, 2.75) is 26.7 Å². The van der Waals surface area contributed by atoms with Crippen molar-refractivity contribution in [2.75, 3.05) is 5.73 Å². The van der Waals surface area contributed by atoms with E-state index in [4.69, 9.17) is 5.73 Å². The normalized spacial score (nSPS) is 11.4. The summed E-state index contributed by atoms with van der Waals surface area (Å²) < 4.78 is 0. The molecule has 0 spiro atoms. The summed E-state index contributed by atoms with van der Waals surface area (Å²) in [4.78, 5) is 11.2. The molecule has 2 N–H and O–H groups in total. The van der Waals surface area contributed by atoms with Crippen molar-refractivity contribution >= 4 is 27.4 Å². The molecule has 0 saturated carbocycles. The first-order valence-corrected chi connectivity index (χ1v) is 7.50. The van der Waals surface area contributed by atoms with Gasteiger partial charge in [-0.15, -0.1) is 11.3 Å². The summed E-state index contributed by atoms with van der Waals surface area (Å²) in [5, 5.41) is 0.954. The average molecular weight is 283 g/mol. The van der Waals surface area contributed by atoms with Gasteiger partial charge in [0.15, 0.2) is 5.82 Å². The van der Waals surface area contributed by atoms with Crippen molar-refractivity contribution in [2.24, 2.45) is 0 Å². The Morgan fingerprint density at radius 1 is 1.10 bits per heavy atom. The Morgan fingerprint density at radius 3 is 2.45 bits per heavy atom. The van der Waals surface area contributed by atoms with Crippen LogP contribution in [0.4, 0.5) is 5.82 Å². The lowest BCUT2D eigenvalue weighted by molar-refractivity contribution is 0.867. The molecule has 2 heterocycles. The second kappa shape index (κ2) is 4.87. The molecule has 0 saturated heterocycles. The number of nitrogen functional groups attached to an aromatic ring is 1. The van der Waals surface area contributed by atoms with Gasteiger partial charge in [-0.2, -0.15) is 0 Å². The number of thiophene rings is 1. The fourth-order valence-electron chi connectivity index (χ4n) is 2.21. The molecule has 0 aliphatic heterocycles. The van der Waals surface area contributed by atoms with Gasteiger partial charge in [0.05, 0.1) is 5.39 Å². The Labute approximate surface area is 122 Å². The molecule has 3 nitrogen and oxygen atoms in total. The van der Waals surface area contributed by atoms with E-state index in [0.717, 1.165) is 15.8 Å². The fourth-order valence-corrected chi connectivity index (χ4v) is 3.10. The third-order valence-electron chi connectivity index (χ3n) is 3.38. The van der Waals surface area contributed by atoms with Gasteiger partial charge in [0.1, 0.15) is 10.6 Å². The van der Waals surface area contributed by atoms with Crippen LogP contribution in [0.15, 0.2) is 30.3 Å². The first-order chi connectivity index (χ1) is 9.54. The quantitative estimate of drug-likeness (QED) is 0.759. The van der Waals surface area contributed by atoms with E-state index < -0.39 is 0 Å². The first kappa shape index (κ1) is 13.1. The number of hydrogen-bond donors (Lipinski definition) is 1. The zero-order valence-electron chi connectivity index (χ0n) is 11.8. The van der Waals surface area contributed by atoms with Gasteiger partial charge in [-0.3, -0.25) is 0 Å². The molecule has 0 bridgehead atoms. The summed E-state index contributed by atoms with van der Waals surface area (Å²) in [6.07, 6.45) is 0. The average Bonchev–Trinajstić information content (AvgIpc) is 2.80. The zero-order chi connectivity index (χ0) is 14.3. The maximum Gasteiger partial charge on any atom is 0.163 e. The summed E-state index contributed by atoms with van der Waals surface area (Å²) >= 11 is 1.65. The Balaban J connectivity index is 2.09. The molecule has 0 unspecified atom stereocenters. The Kier molecular flexibility index (Phi) is 3.18. The number of hydrogen-bond acceptors (Lipinski definition) is 4. The number of aromatic nitrogens is 2. The van der Waals surface area contributed by atoms with Crippen LogP contribution < -0.4 is 5.73 Å². The van der Waals surface area contributed by atoms with E-state index in [1.54, 1.807) is 11.3 Å². The Bertz CT molecular complexity index is 757.